The van der Waals surface area contributed by atoms with Crippen LogP contribution in [0.5, 0.6) is 0 Å². The Bertz CT molecular complexity index is 551. The fourth-order valence-corrected chi connectivity index (χ4v) is 2.73. The van der Waals surface area contributed by atoms with E-state index in [9.17, 15) is 0 Å². The van der Waals surface area contributed by atoms with E-state index in [1.165, 1.54) is 4.90 Å². The highest BCUT2D eigenvalue weighted by molar-refractivity contribution is 9.10. The van der Waals surface area contributed by atoms with Crippen LogP contribution in [0.15, 0.2) is 33.6 Å². The van der Waals surface area contributed by atoms with Crippen LogP contribution in [0.1, 0.15) is 11.4 Å². The Kier molecular flexibility index (Phi) is 4.35. The maximum Gasteiger partial charge on any atom is 0.0739 e. The Hall–Kier alpha value is -0.940. The predicted molar refractivity (Wildman–Crippen MR) is 81.2 cm³/mol. The number of thioether (sulfide) groups is 1. The largest absolute Gasteiger partial charge is 0.379 e. The van der Waals surface area contributed by atoms with Crippen molar-refractivity contribution in [2.45, 2.75) is 18.4 Å². The second-order valence-electron chi connectivity index (χ2n) is 4.06. The summed E-state index contributed by atoms with van der Waals surface area (Å²) in [5.74, 6) is 0. The Balaban J connectivity index is 2.11. The SMILES string of the molecule is CSc1cccc(NCc2c(Br)c(C)nn2C)c1. The highest BCUT2D eigenvalue weighted by atomic mass is 79.9. The van der Waals surface area contributed by atoms with Gasteiger partial charge in [-0.3, -0.25) is 4.68 Å². The molecule has 96 valence electrons. The standard InChI is InChI=1S/C13H16BrN3S/c1-9-13(14)12(17(2)16-9)8-15-10-5-4-6-11(7-10)18-3/h4-7,15H,8H2,1-3H3. The van der Waals surface area contributed by atoms with Crippen LogP contribution in [0, 0.1) is 6.92 Å². The summed E-state index contributed by atoms with van der Waals surface area (Å²) in [6.07, 6.45) is 2.08. The van der Waals surface area contributed by atoms with Gasteiger partial charge in [-0.2, -0.15) is 5.10 Å². The summed E-state index contributed by atoms with van der Waals surface area (Å²) in [4.78, 5) is 1.26. The lowest BCUT2D eigenvalue weighted by molar-refractivity contribution is 0.712. The number of anilines is 1. The van der Waals surface area contributed by atoms with Gasteiger partial charge in [0.1, 0.15) is 0 Å². The van der Waals surface area contributed by atoms with Crippen LogP contribution in [-0.2, 0) is 13.6 Å². The summed E-state index contributed by atoms with van der Waals surface area (Å²) >= 11 is 5.32. The van der Waals surface area contributed by atoms with Gasteiger partial charge in [0.25, 0.3) is 0 Å². The molecule has 0 aliphatic rings. The van der Waals surface area contributed by atoms with Crippen molar-refractivity contribution in [2.24, 2.45) is 7.05 Å². The minimum absolute atomic E-state index is 0.760. The molecule has 3 nitrogen and oxygen atoms in total. The summed E-state index contributed by atoms with van der Waals surface area (Å²) in [5.41, 5.74) is 3.31. The minimum Gasteiger partial charge on any atom is -0.379 e. The van der Waals surface area contributed by atoms with E-state index < -0.39 is 0 Å². The molecule has 0 radical (unpaired) electrons. The lowest BCUT2D eigenvalue weighted by Crippen LogP contribution is -2.06. The first-order chi connectivity index (χ1) is 8.61. The van der Waals surface area contributed by atoms with E-state index in [0.29, 0.717) is 0 Å². The van der Waals surface area contributed by atoms with Gasteiger partial charge in [-0.1, -0.05) is 6.07 Å². The summed E-state index contributed by atoms with van der Waals surface area (Å²) in [6, 6.07) is 8.41. The third-order valence-electron chi connectivity index (χ3n) is 2.79. The number of rotatable bonds is 4. The average molecular weight is 326 g/mol. The second-order valence-corrected chi connectivity index (χ2v) is 5.73. The van der Waals surface area contributed by atoms with E-state index >= 15 is 0 Å². The van der Waals surface area contributed by atoms with Crippen LogP contribution >= 0.6 is 27.7 Å². The van der Waals surface area contributed by atoms with E-state index in [1.807, 2.05) is 18.7 Å². The van der Waals surface area contributed by atoms with Crippen LogP contribution in [0.3, 0.4) is 0 Å². The molecule has 0 unspecified atom stereocenters. The molecule has 0 atom stereocenters. The summed E-state index contributed by atoms with van der Waals surface area (Å²) < 4.78 is 2.99. The molecule has 2 rings (SSSR count). The highest BCUT2D eigenvalue weighted by Gasteiger charge is 2.09. The Labute approximate surface area is 120 Å². The third kappa shape index (κ3) is 2.90. The van der Waals surface area contributed by atoms with Crippen molar-refractivity contribution in [1.82, 2.24) is 9.78 Å². The normalized spacial score (nSPS) is 10.7. The second kappa shape index (κ2) is 5.80. The molecule has 1 N–H and O–H groups in total. The maximum absolute atomic E-state index is 4.38. The zero-order valence-corrected chi connectivity index (χ0v) is 13.1. The molecule has 0 fully saturated rings. The number of nitrogens with zero attached hydrogens (tertiary/aromatic N) is 2. The fourth-order valence-electron chi connectivity index (χ4n) is 1.79. The quantitative estimate of drug-likeness (QED) is 0.866. The lowest BCUT2D eigenvalue weighted by atomic mass is 10.3. The summed E-state index contributed by atoms with van der Waals surface area (Å²) in [5, 5.41) is 7.81. The van der Waals surface area contributed by atoms with Gasteiger partial charge in [0.2, 0.25) is 0 Å². The smallest absolute Gasteiger partial charge is 0.0739 e. The number of halogens is 1. The Morgan fingerprint density at radius 3 is 2.83 bits per heavy atom. The van der Waals surface area contributed by atoms with E-state index in [-0.39, 0.29) is 0 Å². The highest BCUT2D eigenvalue weighted by Crippen LogP contribution is 2.23. The molecule has 0 aliphatic heterocycles. The van der Waals surface area contributed by atoms with E-state index in [4.69, 9.17) is 0 Å². The van der Waals surface area contributed by atoms with Crippen molar-refractivity contribution in [3.05, 3.63) is 40.1 Å². The van der Waals surface area contributed by atoms with Crippen LogP contribution in [0.2, 0.25) is 0 Å². The summed E-state index contributed by atoms with van der Waals surface area (Å²) in [6.45, 7) is 2.76. The monoisotopic (exact) mass is 325 g/mol. The molecule has 1 aromatic carbocycles. The van der Waals surface area contributed by atoms with Crippen LogP contribution in [0.25, 0.3) is 0 Å². The number of benzene rings is 1. The number of hydrogen-bond donors (Lipinski definition) is 1. The first-order valence-electron chi connectivity index (χ1n) is 5.67. The zero-order valence-electron chi connectivity index (χ0n) is 10.7. The molecule has 18 heavy (non-hydrogen) atoms. The zero-order chi connectivity index (χ0) is 13.1. The molecule has 0 amide bonds. The van der Waals surface area contributed by atoms with Crippen LogP contribution < -0.4 is 5.32 Å². The third-order valence-corrected chi connectivity index (χ3v) is 4.55. The van der Waals surface area contributed by atoms with Gasteiger partial charge >= 0.3 is 0 Å². The van der Waals surface area contributed by atoms with Gasteiger partial charge in [0, 0.05) is 17.6 Å². The van der Waals surface area contributed by atoms with E-state index in [0.717, 1.165) is 28.1 Å². The summed E-state index contributed by atoms with van der Waals surface area (Å²) in [7, 11) is 1.97. The van der Waals surface area contributed by atoms with Gasteiger partial charge < -0.3 is 5.32 Å². The molecule has 0 bridgehead atoms. The minimum atomic E-state index is 0.760. The maximum atomic E-state index is 4.38. The average Bonchev–Trinajstić information content (AvgIpc) is 2.61. The van der Waals surface area contributed by atoms with Gasteiger partial charge in [0.05, 0.1) is 22.4 Å². The predicted octanol–water partition coefficient (Wildman–Crippen LogP) is 3.83. The van der Waals surface area contributed by atoms with Crippen molar-refractivity contribution < 1.29 is 0 Å². The van der Waals surface area contributed by atoms with Crippen LogP contribution in [0.4, 0.5) is 5.69 Å². The molecule has 5 heteroatoms. The fraction of sp³-hybridized carbons (Fsp3) is 0.308. The van der Waals surface area contributed by atoms with Crippen molar-refractivity contribution in [2.75, 3.05) is 11.6 Å². The molecular weight excluding hydrogens is 310 g/mol. The number of hydrogen-bond acceptors (Lipinski definition) is 3. The molecule has 0 saturated carbocycles. The number of aromatic nitrogens is 2. The first kappa shape index (κ1) is 13.5. The van der Waals surface area contributed by atoms with Gasteiger partial charge in [-0.25, -0.2) is 0 Å². The molecular formula is C13H16BrN3S. The lowest BCUT2D eigenvalue weighted by Gasteiger charge is -2.08. The van der Waals surface area contributed by atoms with Gasteiger partial charge in [0.15, 0.2) is 0 Å². The van der Waals surface area contributed by atoms with Crippen molar-refractivity contribution in [3.8, 4) is 0 Å². The van der Waals surface area contributed by atoms with Crippen molar-refractivity contribution in [3.63, 3.8) is 0 Å². The number of nitrogens with one attached hydrogen (secondary N) is 1. The van der Waals surface area contributed by atoms with Crippen molar-refractivity contribution in [1.29, 1.82) is 0 Å². The molecule has 0 aliphatic carbocycles. The Morgan fingerprint density at radius 2 is 2.22 bits per heavy atom. The molecule has 0 saturated heterocycles. The van der Waals surface area contributed by atoms with E-state index in [2.05, 4.69) is 56.9 Å². The molecule has 2 aromatic rings. The van der Waals surface area contributed by atoms with E-state index in [1.54, 1.807) is 11.8 Å². The van der Waals surface area contributed by atoms with Crippen LogP contribution in [-0.4, -0.2) is 16.0 Å². The van der Waals surface area contributed by atoms with Crippen molar-refractivity contribution >= 4 is 33.4 Å². The first-order valence-corrected chi connectivity index (χ1v) is 7.69. The molecule has 1 aromatic heterocycles. The topological polar surface area (TPSA) is 29.9 Å². The molecule has 0 spiro atoms. The number of aryl methyl sites for hydroxylation is 2. The molecule has 1 heterocycles. The van der Waals surface area contributed by atoms with Gasteiger partial charge in [-0.15, -0.1) is 11.8 Å². The van der Waals surface area contributed by atoms with Gasteiger partial charge in [-0.05, 0) is 47.3 Å². The Morgan fingerprint density at radius 1 is 1.44 bits per heavy atom.